The number of aryl methyl sites for hydroxylation is 2. The second kappa shape index (κ2) is 12.9. The van der Waals surface area contributed by atoms with Crippen molar-refractivity contribution in [2.75, 3.05) is 73.0 Å². The summed E-state index contributed by atoms with van der Waals surface area (Å²) in [5, 5.41) is 0.782. The number of hydrogen-bond donors (Lipinski definition) is 1. The number of carbonyl (C=O) groups is 2. The van der Waals surface area contributed by atoms with Crippen LogP contribution in [0.2, 0.25) is 0 Å². The van der Waals surface area contributed by atoms with Crippen molar-refractivity contribution in [2.45, 2.75) is 37.8 Å². The standard InChI is InChI=1S/C32H40FN5O8S/c1-17-12-23(37-11-10-36(5)19(14-37)16-44-6)18(2)28-25(17)20-8-9-38(15-22(20)32(41)46-28)31(40)26-24(47(42,43)35(3)4)13-21(30(34)39)29(45-7)27(26)33/h12-13,19H,8-11,14-16H2,1-7H3,(H2,34,39). The number of anilines is 1. The van der Waals surface area contributed by atoms with E-state index in [1.807, 2.05) is 13.8 Å². The molecular formula is C32H40FN5O8S. The number of fused-ring (bicyclic) bond motifs is 3. The summed E-state index contributed by atoms with van der Waals surface area (Å²) in [6, 6.07) is 3.13. The molecule has 47 heavy (non-hydrogen) atoms. The smallest absolute Gasteiger partial charge is 0.341 e. The minimum Gasteiger partial charge on any atom is -0.493 e. The van der Waals surface area contributed by atoms with Gasteiger partial charge in [0.2, 0.25) is 10.0 Å². The highest BCUT2D eigenvalue weighted by atomic mass is 32.2. The van der Waals surface area contributed by atoms with Crippen LogP contribution < -0.4 is 21.0 Å². The number of sulfonamides is 1. The highest BCUT2D eigenvalue weighted by Crippen LogP contribution is 2.38. The van der Waals surface area contributed by atoms with E-state index < -0.39 is 55.1 Å². The topological polar surface area (TPSA) is 156 Å². The van der Waals surface area contributed by atoms with E-state index >= 15 is 4.39 Å². The van der Waals surface area contributed by atoms with Gasteiger partial charge in [-0.2, -0.15) is 0 Å². The zero-order chi connectivity index (χ0) is 34.5. The average molecular weight is 674 g/mol. The zero-order valence-corrected chi connectivity index (χ0v) is 28.4. The number of ether oxygens (including phenoxy) is 2. The average Bonchev–Trinajstić information content (AvgIpc) is 3.02. The van der Waals surface area contributed by atoms with Gasteiger partial charge in [0.15, 0.2) is 11.6 Å². The third-order valence-electron chi connectivity index (χ3n) is 9.18. The minimum atomic E-state index is -4.44. The fourth-order valence-corrected chi connectivity index (χ4v) is 7.63. The van der Waals surface area contributed by atoms with E-state index in [0.717, 1.165) is 64.9 Å². The number of amides is 2. The van der Waals surface area contributed by atoms with Gasteiger partial charge in [0.25, 0.3) is 11.8 Å². The van der Waals surface area contributed by atoms with Crippen molar-refractivity contribution in [1.29, 1.82) is 0 Å². The van der Waals surface area contributed by atoms with Gasteiger partial charge in [-0.25, -0.2) is 21.9 Å². The monoisotopic (exact) mass is 673 g/mol. The molecule has 0 saturated carbocycles. The van der Waals surface area contributed by atoms with Crippen molar-refractivity contribution in [1.82, 2.24) is 14.1 Å². The van der Waals surface area contributed by atoms with Crippen molar-refractivity contribution >= 4 is 38.5 Å². The predicted molar refractivity (Wildman–Crippen MR) is 173 cm³/mol. The SMILES string of the molecule is COCC1CN(c2cc(C)c3c4c(c(=O)oc3c2C)CN(C(=O)c2c(S(=O)(=O)N(C)C)cc(C(N)=O)c(OC)c2F)CC4)CCN1C. The zero-order valence-electron chi connectivity index (χ0n) is 27.6. The van der Waals surface area contributed by atoms with Crippen molar-refractivity contribution in [3.05, 3.63) is 61.8 Å². The Kier molecular flexibility index (Phi) is 9.38. The summed E-state index contributed by atoms with van der Waals surface area (Å²) in [5.74, 6) is -4.13. The quantitative estimate of drug-likeness (QED) is 0.351. The van der Waals surface area contributed by atoms with Crippen LogP contribution in [-0.4, -0.2) is 109 Å². The first-order chi connectivity index (χ1) is 22.1. The number of nitrogens with two attached hydrogens (primary N) is 1. The Hall–Kier alpha value is -4.05. The molecule has 0 spiro atoms. The van der Waals surface area contributed by atoms with E-state index in [4.69, 9.17) is 19.6 Å². The van der Waals surface area contributed by atoms with Crippen LogP contribution in [0, 0.1) is 19.7 Å². The Labute approximate surface area is 272 Å². The molecule has 13 nitrogen and oxygen atoms in total. The lowest BCUT2D eigenvalue weighted by atomic mass is 9.92. The first-order valence-corrected chi connectivity index (χ1v) is 16.5. The maximum absolute atomic E-state index is 16.0. The molecule has 15 heteroatoms. The lowest BCUT2D eigenvalue weighted by Gasteiger charge is -2.41. The summed E-state index contributed by atoms with van der Waals surface area (Å²) in [6.45, 7) is 6.66. The van der Waals surface area contributed by atoms with Gasteiger partial charge < -0.3 is 29.4 Å². The number of nitrogens with zero attached hydrogens (tertiary/aromatic N) is 4. The van der Waals surface area contributed by atoms with E-state index in [-0.39, 0.29) is 31.1 Å². The lowest BCUT2D eigenvalue weighted by Crippen LogP contribution is -2.53. The molecule has 1 aromatic heterocycles. The van der Waals surface area contributed by atoms with Gasteiger partial charge in [0, 0.05) is 64.0 Å². The van der Waals surface area contributed by atoms with Crippen molar-refractivity contribution in [3.8, 4) is 5.75 Å². The van der Waals surface area contributed by atoms with Gasteiger partial charge in [0.1, 0.15) is 5.58 Å². The maximum Gasteiger partial charge on any atom is 0.341 e. The summed E-state index contributed by atoms with van der Waals surface area (Å²) in [6.07, 6.45) is 0.237. The molecule has 0 radical (unpaired) electrons. The molecule has 2 aliphatic heterocycles. The Morgan fingerprint density at radius 2 is 1.83 bits per heavy atom. The Morgan fingerprint density at radius 1 is 1.13 bits per heavy atom. The van der Waals surface area contributed by atoms with Crippen LogP contribution in [0.15, 0.2) is 26.2 Å². The predicted octanol–water partition coefficient (Wildman–Crippen LogP) is 1.87. The molecule has 5 rings (SSSR count). The second-order valence-electron chi connectivity index (χ2n) is 12.2. The molecular weight excluding hydrogens is 633 g/mol. The molecule has 254 valence electrons. The Bertz CT molecular complexity index is 1940. The van der Waals surface area contributed by atoms with Crippen LogP contribution in [0.5, 0.6) is 5.75 Å². The van der Waals surface area contributed by atoms with Crippen molar-refractivity contribution in [2.24, 2.45) is 5.73 Å². The number of benzene rings is 2. The largest absolute Gasteiger partial charge is 0.493 e. The summed E-state index contributed by atoms with van der Waals surface area (Å²) >= 11 is 0. The number of hydrogen-bond acceptors (Lipinski definition) is 10. The van der Waals surface area contributed by atoms with Gasteiger partial charge in [0.05, 0.1) is 47.9 Å². The summed E-state index contributed by atoms with van der Waals surface area (Å²) in [7, 11) is 2.81. The first-order valence-electron chi connectivity index (χ1n) is 15.1. The lowest BCUT2D eigenvalue weighted by molar-refractivity contribution is 0.0722. The molecule has 1 fully saturated rings. The maximum atomic E-state index is 16.0. The molecule has 1 unspecified atom stereocenters. The van der Waals surface area contributed by atoms with Crippen LogP contribution in [0.25, 0.3) is 11.0 Å². The molecule has 3 aromatic rings. The summed E-state index contributed by atoms with van der Waals surface area (Å²) < 4.78 is 59.7. The van der Waals surface area contributed by atoms with E-state index in [2.05, 4.69) is 22.9 Å². The van der Waals surface area contributed by atoms with E-state index in [1.165, 1.54) is 19.0 Å². The van der Waals surface area contributed by atoms with Gasteiger partial charge in [-0.05, 0) is 50.6 Å². The number of rotatable bonds is 8. The summed E-state index contributed by atoms with van der Waals surface area (Å²) in [4.78, 5) is 44.6. The van der Waals surface area contributed by atoms with E-state index in [9.17, 15) is 22.8 Å². The third kappa shape index (κ3) is 5.85. The number of likely N-dealkylation sites (N-methyl/N-ethyl adjacent to an activating group) is 1. The molecule has 1 saturated heterocycles. The van der Waals surface area contributed by atoms with Crippen molar-refractivity contribution in [3.63, 3.8) is 0 Å². The van der Waals surface area contributed by atoms with Crippen LogP contribution in [0.1, 0.15) is 43.0 Å². The van der Waals surface area contributed by atoms with Gasteiger partial charge >= 0.3 is 5.63 Å². The fraction of sp³-hybridized carbons (Fsp3) is 0.469. The number of piperazine rings is 1. The Morgan fingerprint density at radius 3 is 2.45 bits per heavy atom. The van der Waals surface area contributed by atoms with Crippen molar-refractivity contribution < 1.29 is 36.3 Å². The normalized spacial score (nSPS) is 17.3. The molecule has 2 amide bonds. The van der Waals surface area contributed by atoms with Gasteiger partial charge in [-0.1, -0.05) is 0 Å². The molecule has 3 heterocycles. The van der Waals surface area contributed by atoms with E-state index in [1.54, 1.807) is 7.11 Å². The van der Waals surface area contributed by atoms with Crippen LogP contribution in [-0.2, 0) is 27.7 Å². The second-order valence-corrected chi connectivity index (χ2v) is 14.3. The minimum absolute atomic E-state index is 0.0581. The van der Waals surface area contributed by atoms with Crippen LogP contribution in [0.3, 0.4) is 0 Å². The molecule has 2 aliphatic rings. The number of methoxy groups -OCH3 is 2. The Balaban J connectivity index is 1.57. The summed E-state index contributed by atoms with van der Waals surface area (Å²) in [5.41, 5.74) is 7.53. The molecule has 0 bridgehead atoms. The van der Waals surface area contributed by atoms with Gasteiger partial charge in [-0.3, -0.25) is 14.5 Å². The number of carbonyl (C=O) groups excluding carboxylic acids is 2. The highest BCUT2D eigenvalue weighted by molar-refractivity contribution is 7.89. The highest BCUT2D eigenvalue weighted by Gasteiger charge is 2.37. The molecule has 2 aromatic carbocycles. The molecule has 0 aliphatic carbocycles. The van der Waals surface area contributed by atoms with Crippen LogP contribution in [0.4, 0.5) is 10.1 Å². The number of halogens is 1. The van der Waals surface area contributed by atoms with Gasteiger partial charge in [-0.15, -0.1) is 0 Å². The fourth-order valence-electron chi connectivity index (χ4n) is 6.54. The molecule has 1 atom stereocenters. The number of primary amides is 1. The first kappa shape index (κ1) is 34.3. The molecule has 2 N–H and O–H groups in total. The van der Waals surface area contributed by atoms with Crippen LogP contribution >= 0.6 is 0 Å². The van der Waals surface area contributed by atoms with E-state index in [0.29, 0.717) is 12.2 Å². The third-order valence-corrected chi connectivity index (χ3v) is 11.0.